The van der Waals surface area contributed by atoms with Gasteiger partial charge in [0, 0.05) is 43.3 Å². The van der Waals surface area contributed by atoms with Crippen molar-refractivity contribution in [1.29, 1.82) is 0 Å². The van der Waals surface area contributed by atoms with Crippen LogP contribution < -0.4 is 15.8 Å². The van der Waals surface area contributed by atoms with Crippen LogP contribution in [0.15, 0.2) is 41.3 Å². The molecule has 7 heteroatoms. The Kier molecular flexibility index (Phi) is 3.28. The van der Waals surface area contributed by atoms with E-state index in [9.17, 15) is 14.4 Å². The number of rotatable bonds is 3. The molecule has 2 amide bonds. The Morgan fingerprint density at radius 1 is 1.20 bits per heavy atom. The van der Waals surface area contributed by atoms with Crippen LogP contribution in [-0.4, -0.2) is 34.5 Å². The van der Waals surface area contributed by atoms with Gasteiger partial charge < -0.3 is 19.8 Å². The maximum absolute atomic E-state index is 13.2. The van der Waals surface area contributed by atoms with E-state index < -0.39 is 5.41 Å². The normalized spacial score (nSPS) is 24.5. The second-order valence-corrected chi connectivity index (χ2v) is 8.83. The van der Waals surface area contributed by atoms with Crippen molar-refractivity contribution in [2.45, 2.75) is 36.6 Å². The van der Waals surface area contributed by atoms with Crippen LogP contribution in [0.5, 0.6) is 0 Å². The van der Waals surface area contributed by atoms with Gasteiger partial charge in [0.25, 0.3) is 11.5 Å². The summed E-state index contributed by atoms with van der Waals surface area (Å²) in [5.41, 5.74) is 2.99. The number of carbonyl (C=O) groups excluding carboxylic acids is 2. The van der Waals surface area contributed by atoms with E-state index >= 15 is 0 Å². The molecule has 1 spiro atoms. The average Bonchev–Trinajstić information content (AvgIpc) is 3.64. The fourth-order valence-corrected chi connectivity index (χ4v) is 5.09. The molecule has 2 aliphatic carbocycles. The molecule has 2 aromatic heterocycles. The molecular weight excluding hydrogens is 380 g/mol. The molecule has 2 atom stereocenters. The summed E-state index contributed by atoms with van der Waals surface area (Å²) in [6, 6.07) is 9.92. The number of likely N-dealkylation sites (N-methyl/N-ethyl adjacent to an activating group) is 1. The second-order valence-electron chi connectivity index (χ2n) is 8.83. The number of para-hydroxylation sites is 1. The highest BCUT2D eigenvalue weighted by atomic mass is 16.2. The maximum atomic E-state index is 13.2. The van der Waals surface area contributed by atoms with E-state index in [0.717, 1.165) is 35.0 Å². The summed E-state index contributed by atoms with van der Waals surface area (Å²) in [4.78, 5) is 43.3. The van der Waals surface area contributed by atoms with E-state index in [0.29, 0.717) is 17.6 Å². The summed E-state index contributed by atoms with van der Waals surface area (Å²) >= 11 is 0. The van der Waals surface area contributed by atoms with Crippen LogP contribution in [0.2, 0.25) is 0 Å². The zero-order chi connectivity index (χ0) is 20.8. The van der Waals surface area contributed by atoms with Crippen molar-refractivity contribution in [3.05, 3.63) is 63.7 Å². The monoisotopic (exact) mass is 402 g/mol. The minimum atomic E-state index is -0.580. The van der Waals surface area contributed by atoms with E-state index in [1.54, 1.807) is 18.0 Å². The average molecular weight is 402 g/mol. The Labute approximate surface area is 172 Å². The SMILES string of the molecule is CN1C(=O)[C@@]2(C[C@H]2c2cn(C)c(=O)c3[nH]c(C(=O)NC4CC4)cc23)c2ccccc21. The first kappa shape index (κ1) is 17.5. The Morgan fingerprint density at radius 3 is 2.73 bits per heavy atom. The number of hydrogen-bond acceptors (Lipinski definition) is 3. The third-order valence-electron chi connectivity index (χ3n) is 6.92. The van der Waals surface area contributed by atoms with E-state index in [-0.39, 0.29) is 29.3 Å². The quantitative estimate of drug-likeness (QED) is 0.704. The van der Waals surface area contributed by atoms with E-state index in [1.807, 2.05) is 37.5 Å². The number of aromatic nitrogens is 2. The minimum absolute atomic E-state index is 0.0273. The summed E-state index contributed by atoms with van der Waals surface area (Å²) in [5, 5.41) is 3.70. The summed E-state index contributed by atoms with van der Waals surface area (Å²) in [7, 11) is 3.53. The summed E-state index contributed by atoms with van der Waals surface area (Å²) < 4.78 is 1.54. The lowest BCUT2D eigenvalue weighted by atomic mass is 9.91. The molecule has 1 aliphatic heterocycles. The van der Waals surface area contributed by atoms with Crippen LogP contribution in [0.4, 0.5) is 5.69 Å². The standard InChI is InChI=1S/C23H22N4O3/c1-26-11-14(13-9-17(25-19(13)21(26)29)20(28)24-12-7-8-12)16-10-23(16)15-5-3-4-6-18(15)27(2)22(23)30/h3-6,9,11-12,16,25H,7-8,10H2,1-2H3,(H,24,28)/t16-,23-/m0/s1. The van der Waals surface area contributed by atoms with Crippen molar-refractivity contribution in [3.63, 3.8) is 0 Å². The maximum Gasteiger partial charge on any atom is 0.274 e. The molecule has 3 aliphatic rings. The fourth-order valence-electron chi connectivity index (χ4n) is 5.09. The molecule has 0 radical (unpaired) electrons. The molecule has 2 saturated carbocycles. The molecule has 0 bridgehead atoms. The Morgan fingerprint density at radius 2 is 1.97 bits per heavy atom. The van der Waals surface area contributed by atoms with Gasteiger partial charge in [0.15, 0.2) is 0 Å². The number of anilines is 1. The highest BCUT2D eigenvalue weighted by molar-refractivity contribution is 6.11. The van der Waals surface area contributed by atoms with Gasteiger partial charge in [-0.05, 0) is 42.5 Å². The van der Waals surface area contributed by atoms with Crippen LogP contribution in [0.3, 0.4) is 0 Å². The Hall–Kier alpha value is -3.35. The second kappa shape index (κ2) is 5.62. The topological polar surface area (TPSA) is 87.2 Å². The van der Waals surface area contributed by atoms with Crippen LogP contribution in [0.25, 0.3) is 10.9 Å². The minimum Gasteiger partial charge on any atom is -0.348 e. The van der Waals surface area contributed by atoms with Gasteiger partial charge in [-0.1, -0.05) is 18.2 Å². The molecule has 0 saturated heterocycles. The predicted molar refractivity (Wildman–Crippen MR) is 113 cm³/mol. The van der Waals surface area contributed by atoms with Gasteiger partial charge in [0.2, 0.25) is 5.91 Å². The van der Waals surface area contributed by atoms with E-state index in [4.69, 9.17) is 0 Å². The Balaban J connectivity index is 1.49. The zero-order valence-electron chi connectivity index (χ0n) is 16.9. The molecule has 2 N–H and O–H groups in total. The number of nitrogens with one attached hydrogen (secondary N) is 2. The van der Waals surface area contributed by atoms with E-state index in [1.165, 1.54) is 4.57 Å². The largest absolute Gasteiger partial charge is 0.348 e. The molecule has 152 valence electrons. The molecule has 30 heavy (non-hydrogen) atoms. The van der Waals surface area contributed by atoms with Crippen molar-refractivity contribution < 1.29 is 9.59 Å². The predicted octanol–water partition coefficient (Wildman–Crippen LogP) is 2.16. The number of pyridine rings is 1. The first-order chi connectivity index (χ1) is 14.4. The van der Waals surface area contributed by atoms with Crippen molar-refractivity contribution >= 4 is 28.4 Å². The van der Waals surface area contributed by atoms with Crippen molar-refractivity contribution in [1.82, 2.24) is 14.9 Å². The number of fused-ring (bicyclic) bond motifs is 3. The summed E-state index contributed by atoms with van der Waals surface area (Å²) in [5.74, 6) is -0.118. The number of benzene rings is 1. The molecule has 2 fully saturated rings. The van der Waals surface area contributed by atoms with Crippen molar-refractivity contribution in [2.75, 3.05) is 11.9 Å². The molecule has 3 heterocycles. The zero-order valence-corrected chi connectivity index (χ0v) is 16.9. The van der Waals surface area contributed by atoms with Gasteiger partial charge >= 0.3 is 0 Å². The molecule has 7 nitrogen and oxygen atoms in total. The van der Waals surface area contributed by atoms with Crippen molar-refractivity contribution in [2.24, 2.45) is 7.05 Å². The molecular formula is C23H22N4O3. The van der Waals surface area contributed by atoms with Crippen LogP contribution in [0, 0.1) is 0 Å². The van der Waals surface area contributed by atoms with E-state index in [2.05, 4.69) is 10.3 Å². The number of amides is 2. The molecule has 0 unspecified atom stereocenters. The molecule has 6 rings (SSSR count). The van der Waals surface area contributed by atoms with Crippen LogP contribution >= 0.6 is 0 Å². The third kappa shape index (κ3) is 2.17. The summed E-state index contributed by atoms with van der Waals surface area (Å²) in [6.45, 7) is 0. The van der Waals surface area contributed by atoms with Gasteiger partial charge in [-0.25, -0.2) is 0 Å². The Bertz CT molecular complexity index is 1320. The van der Waals surface area contributed by atoms with Crippen molar-refractivity contribution in [3.8, 4) is 0 Å². The lowest BCUT2D eigenvalue weighted by Crippen LogP contribution is -2.29. The number of aromatic amines is 1. The third-order valence-corrected chi connectivity index (χ3v) is 6.92. The number of hydrogen-bond donors (Lipinski definition) is 2. The number of nitrogens with zero attached hydrogens (tertiary/aromatic N) is 2. The molecule has 3 aromatic rings. The van der Waals surface area contributed by atoms with Crippen LogP contribution in [0.1, 0.15) is 46.8 Å². The smallest absolute Gasteiger partial charge is 0.274 e. The highest BCUT2D eigenvalue weighted by Gasteiger charge is 2.67. The van der Waals surface area contributed by atoms with Gasteiger partial charge in [0.05, 0.1) is 5.41 Å². The summed E-state index contributed by atoms with van der Waals surface area (Å²) in [6.07, 6.45) is 4.53. The molecule has 1 aromatic carbocycles. The highest BCUT2D eigenvalue weighted by Crippen LogP contribution is 2.66. The first-order valence-corrected chi connectivity index (χ1v) is 10.3. The number of carbonyl (C=O) groups is 2. The van der Waals surface area contributed by atoms with Gasteiger partial charge in [-0.2, -0.15) is 0 Å². The number of aryl methyl sites for hydroxylation is 1. The fraction of sp³-hybridized carbons (Fsp3) is 0.348. The lowest BCUT2D eigenvalue weighted by molar-refractivity contribution is -0.120. The van der Waals surface area contributed by atoms with Gasteiger partial charge in [-0.15, -0.1) is 0 Å². The number of H-pyrrole nitrogens is 1. The van der Waals surface area contributed by atoms with Gasteiger partial charge in [-0.3, -0.25) is 14.4 Å². The first-order valence-electron chi connectivity index (χ1n) is 10.3. The van der Waals surface area contributed by atoms with Gasteiger partial charge in [0.1, 0.15) is 11.2 Å². The lowest BCUT2D eigenvalue weighted by Gasteiger charge is -2.12. The van der Waals surface area contributed by atoms with Crippen LogP contribution in [-0.2, 0) is 17.3 Å².